The molecule has 0 spiro atoms. The third-order valence-corrected chi connectivity index (χ3v) is 2.52. The van der Waals surface area contributed by atoms with Crippen LogP contribution in [-0.2, 0) is 0 Å². The highest BCUT2D eigenvalue weighted by molar-refractivity contribution is 5.86. The molecule has 0 fully saturated rings. The molecule has 0 aliphatic heterocycles. The van der Waals surface area contributed by atoms with Gasteiger partial charge in [0.05, 0.1) is 0 Å². The van der Waals surface area contributed by atoms with Gasteiger partial charge in [0.15, 0.2) is 0 Å². The van der Waals surface area contributed by atoms with Gasteiger partial charge in [-0.05, 0) is 24.5 Å². The van der Waals surface area contributed by atoms with Gasteiger partial charge in [0.2, 0.25) is 0 Å². The minimum absolute atomic E-state index is 0.0807. The summed E-state index contributed by atoms with van der Waals surface area (Å²) in [7, 11) is 0. The normalized spacial score (nSPS) is 10.5. The first-order chi connectivity index (χ1) is 8.09. The monoisotopic (exact) mass is 236 g/mol. The lowest BCUT2D eigenvalue weighted by Gasteiger charge is -2.07. The molecule has 0 aromatic carbocycles. The molecule has 94 valence electrons. The van der Waals surface area contributed by atoms with E-state index < -0.39 is 5.97 Å². The maximum Gasteiger partial charge on any atom is 0.354 e. The fourth-order valence-electron chi connectivity index (χ4n) is 1.57. The standard InChI is InChI=1S/C13H20N2O2/c1-10(2)5-3-4-7-14-11-6-8-15-12(9-11)13(16)17/h6,8-10H,3-5,7H2,1-2H3,(H,14,15)(H,16,17). The summed E-state index contributed by atoms with van der Waals surface area (Å²) in [5.74, 6) is -0.247. The lowest BCUT2D eigenvalue weighted by Crippen LogP contribution is -2.05. The van der Waals surface area contributed by atoms with Gasteiger partial charge in [-0.25, -0.2) is 9.78 Å². The van der Waals surface area contributed by atoms with E-state index in [9.17, 15) is 4.79 Å². The predicted octanol–water partition coefficient (Wildman–Crippen LogP) is 3.02. The van der Waals surface area contributed by atoms with E-state index in [1.165, 1.54) is 19.0 Å². The van der Waals surface area contributed by atoms with Crippen molar-refractivity contribution in [2.24, 2.45) is 5.92 Å². The molecule has 0 saturated heterocycles. The Morgan fingerprint density at radius 3 is 2.88 bits per heavy atom. The molecule has 1 aromatic heterocycles. The number of anilines is 1. The fraction of sp³-hybridized carbons (Fsp3) is 0.538. The number of carbonyl (C=O) groups is 1. The first-order valence-corrected chi connectivity index (χ1v) is 6.03. The lowest BCUT2D eigenvalue weighted by atomic mass is 10.1. The smallest absolute Gasteiger partial charge is 0.354 e. The number of nitrogens with zero attached hydrogens (tertiary/aromatic N) is 1. The van der Waals surface area contributed by atoms with Gasteiger partial charge in [0.1, 0.15) is 5.69 Å². The Bertz CT molecular complexity index is 364. The van der Waals surface area contributed by atoms with Crippen LogP contribution >= 0.6 is 0 Å². The molecule has 0 aliphatic carbocycles. The molecular formula is C13H20N2O2. The molecule has 0 atom stereocenters. The number of carboxylic acids is 1. The molecule has 2 N–H and O–H groups in total. The molecule has 0 bridgehead atoms. The van der Waals surface area contributed by atoms with Crippen LogP contribution in [0.2, 0.25) is 0 Å². The number of nitrogens with one attached hydrogen (secondary N) is 1. The Hall–Kier alpha value is -1.58. The topological polar surface area (TPSA) is 62.2 Å². The van der Waals surface area contributed by atoms with Crippen LogP contribution in [0.5, 0.6) is 0 Å². The zero-order chi connectivity index (χ0) is 12.7. The van der Waals surface area contributed by atoms with E-state index >= 15 is 0 Å². The van der Waals surface area contributed by atoms with E-state index in [0.717, 1.165) is 24.6 Å². The number of unbranched alkanes of at least 4 members (excludes halogenated alkanes) is 1. The van der Waals surface area contributed by atoms with E-state index in [4.69, 9.17) is 5.11 Å². The average molecular weight is 236 g/mol. The molecule has 1 aromatic rings. The molecule has 0 saturated carbocycles. The molecule has 4 nitrogen and oxygen atoms in total. The van der Waals surface area contributed by atoms with Crippen molar-refractivity contribution < 1.29 is 9.90 Å². The minimum Gasteiger partial charge on any atom is -0.477 e. The molecule has 0 aliphatic rings. The minimum atomic E-state index is -0.992. The number of rotatable bonds is 7. The Labute approximate surface area is 102 Å². The summed E-state index contributed by atoms with van der Waals surface area (Å²) in [4.78, 5) is 14.5. The highest BCUT2D eigenvalue weighted by Crippen LogP contribution is 2.10. The van der Waals surface area contributed by atoms with E-state index in [1.54, 1.807) is 12.1 Å². The van der Waals surface area contributed by atoms with Crippen LogP contribution < -0.4 is 5.32 Å². The highest BCUT2D eigenvalue weighted by atomic mass is 16.4. The van der Waals surface area contributed by atoms with Crippen LogP contribution in [0.15, 0.2) is 18.3 Å². The van der Waals surface area contributed by atoms with Crippen molar-refractivity contribution in [3.8, 4) is 0 Å². The highest BCUT2D eigenvalue weighted by Gasteiger charge is 2.04. The fourth-order valence-corrected chi connectivity index (χ4v) is 1.57. The van der Waals surface area contributed by atoms with Gasteiger partial charge in [0, 0.05) is 18.4 Å². The van der Waals surface area contributed by atoms with Gasteiger partial charge in [-0.2, -0.15) is 0 Å². The van der Waals surface area contributed by atoms with Crippen molar-refractivity contribution in [2.75, 3.05) is 11.9 Å². The van der Waals surface area contributed by atoms with Gasteiger partial charge in [0.25, 0.3) is 0 Å². The molecule has 0 amide bonds. The maximum atomic E-state index is 10.7. The van der Waals surface area contributed by atoms with Crippen LogP contribution in [0, 0.1) is 5.92 Å². The summed E-state index contributed by atoms with van der Waals surface area (Å²) in [6.07, 6.45) is 5.04. The van der Waals surface area contributed by atoms with Gasteiger partial charge in [-0.3, -0.25) is 0 Å². The van der Waals surface area contributed by atoms with Crippen LogP contribution in [0.4, 0.5) is 5.69 Å². The summed E-state index contributed by atoms with van der Waals surface area (Å²) < 4.78 is 0. The second-order valence-electron chi connectivity index (χ2n) is 4.55. The SMILES string of the molecule is CC(C)CCCCNc1ccnc(C(=O)O)c1. The van der Waals surface area contributed by atoms with Crippen LogP contribution in [0.25, 0.3) is 0 Å². The summed E-state index contributed by atoms with van der Waals surface area (Å²) in [5.41, 5.74) is 0.902. The van der Waals surface area contributed by atoms with Crippen molar-refractivity contribution >= 4 is 11.7 Å². The van der Waals surface area contributed by atoms with E-state index in [1.807, 2.05) is 0 Å². The lowest BCUT2D eigenvalue weighted by molar-refractivity contribution is 0.0690. The molecule has 1 heterocycles. The number of hydrogen-bond acceptors (Lipinski definition) is 3. The first kappa shape index (κ1) is 13.5. The van der Waals surface area contributed by atoms with Crippen LogP contribution in [0.3, 0.4) is 0 Å². The van der Waals surface area contributed by atoms with Gasteiger partial charge in [-0.1, -0.05) is 26.7 Å². The second-order valence-corrected chi connectivity index (χ2v) is 4.55. The van der Waals surface area contributed by atoms with E-state index in [2.05, 4.69) is 24.1 Å². The Morgan fingerprint density at radius 2 is 2.24 bits per heavy atom. The number of aromatic nitrogens is 1. The van der Waals surface area contributed by atoms with Crippen molar-refractivity contribution in [1.82, 2.24) is 4.98 Å². The van der Waals surface area contributed by atoms with Gasteiger partial charge < -0.3 is 10.4 Å². The molecule has 0 radical (unpaired) electrons. The number of carboxylic acid groups (broad SMARTS) is 1. The predicted molar refractivity (Wildman–Crippen MR) is 68.4 cm³/mol. The maximum absolute atomic E-state index is 10.7. The molecule has 17 heavy (non-hydrogen) atoms. The summed E-state index contributed by atoms with van der Waals surface area (Å²) in [6, 6.07) is 3.35. The van der Waals surface area contributed by atoms with Gasteiger partial charge in [-0.15, -0.1) is 0 Å². The van der Waals surface area contributed by atoms with Gasteiger partial charge >= 0.3 is 5.97 Å². The number of aromatic carboxylic acids is 1. The summed E-state index contributed by atoms with van der Waals surface area (Å²) in [6.45, 7) is 5.31. The Kier molecular flexibility index (Phi) is 5.46. The quantitative estimate of drug-likeness (QED) is 0.714. The van der Waals surface area contributed by atoms with E-state index in [0.29, 0.717) is 0 Å². The first-order valence-electron chi connectivity index (χ1n) is 6.03. The van der Waals surface area contributed by atoms with E-state index in [-0.39, 0.29) is 5.69 Å². The third kappa shape index (κ3) is 5.33. The third-order valence-electron chi connectivity index (χ3n) is 2.52. The zero-order valence-corrected chi connectivity index (χ0v) is 10.4. The Balaban J connectivity index is 2.31. The molecule has 1 rings (SSSR count). The molecule has 0 unspecified atom stereocenters. The Morgan fingerprint density at radius 1 is 1.47 bits per heavy atom. The zero-order valence-electron chi connectivity index (χ0n) is 10.4. The van der Waals surface area contributed by atoms with Crippen molar-refractivity contribution in [2.45, 2.75) is 33.1 Å². The summed E-state index contributed by atoms with van der Waals surface area (Å²) >= 11 is 0. The van der Waals surface area contributed by atoms with Crippen molar-refractivity contribution in [1.29, 1.82) is 0 Å². The molecular weight excluding hydrogens is 216 g/mol. The summed E-state index contributed by atoms with van der Waals surface area (Å²) in [5, 5.41) is 12.0. The van der Waals surface area contributed by atoms with Crippen molar-refractivity contribution in [3.05, 3.63) is 24.0 Å². The van der Waals surface area contributed by atoms with Crippen LogP contribution in [0.1, 0.15) is 43.6 Å². The molecule has 4 heteroatoms. The number of hydrogen-bond donors (Lipinski definition) is 2. The second kappa shape index (κ2) is 6.89. The largest absolute Gasteiger partial charge is 0.477 e. The average Bonchev–Trinajstić information content (AvgIpc) is 2.28. The number of pyridine rings is 1. The van der Waals surface area contributed by atoms with Crippen LogP contribution in [-0.4, -0.2) is 22.6 Å². The van der Waals surface area contributed by atoms with Crippen molar-refractivity contribution in [3.63, 3.8) is 0 Å².